The minimum atomic E-state index is -1.18. The SMILES string of the molecule is CC(C)CNCC(O)CS(=O)c1ccc(Cl)cc1. The van der Waals surface area contributed by atoms with Crippen LogP contribution < -0.4 is 5.32 Å². The van der Waals surface area contributed by atoms with E-state index in [1.54, 1.807) is 24.3 Å². The summed E-state index contributed by atoms with van der Waals surface area (Å²) in [5.74, 6) is 0.783. The lowest BCUT2D eigenvalue weighted by Gasteiger charge is -2.13. The molecule has 2 N–H and O–H groups in total. The van der Waals surface area contributed by atoms with Gasteiger partial charge in [0.05, 0.1) is 22.7 Å². The molecule has 2 unspecified atom stereocenters. The summed E-state index contributed by atoms with van der Waals surface area (Å²) in [5.41, 5.74) is 0. The molecule has 0 aliphatic carbocycles. The molecule has 0 amide bonds. The van der Waals surface area contributed by atoms with Gasteiger partial charge < -0.3 is 10.4 Å². The molecule has 0 radical (unpaired) electrons. The van der Waals surface area contributed by atoms with Crippen molar-refractivity contribution in [1.29, 1.82) is 0 Å². The van der Waals surface area contributed by atoms with Crippen molar-refractivity contribution in [1.82, 2.24) is 5.32 Å². The average Bonchev–Trinajstić information content (AvgIpc) is 2.29. The van der Waals surface area contributed by atoms with E-state index in [0.29, 0.717) is 22.4 Å². The van der Waals surface area contributed by atoms with Gasteiger partial charge in [0.25, 0.3) is 0 Å². The van der Waals surface area contributed by atoms with Crippen LogP contribution in [0.4, 0.5) is 0 Å². The van der Waals surface area contributed by atoms with Gasteiger partial charge in [0.1, 0.15) is 0 Å². The number of aliphatic hydroxyl groups excluding tert-OH is 1. The van der Waals surface area contributed by atoms with Gasteiger partial charge in [-0.15, -0.1) is 0 Å². The Balaban J connectivity index is 2.37. The van der Waals surface area contributed by atoms with E-state index in [9.17, 15) is 9.32 Å². The Kier molecular flexibility index (Phi) is 6.86. The number of hydrogen-bond donors (Lipinski definition) is 2. The van der Waals surface area contributed by atoms with Gasteiger partial charge in [0.15, 0.2) is 0 Å². The molecule has 1 aromatic carbocycles. The van der Waals surface area contributed by atoms with Crippen LogP contribution in [0.3, 0.4) is 0 Å². The van der Waals surface area contributed by atoms with Crippen LogP contribution in [-0.2, 0) is 10.8 Å². The minimum absolute atomic E-state index is 0.243. The van der Waals surface area contributed by atoms with Crippen LogP contribution in [-0.4, -0.2) is 34.3 Å². The van der Waals surface area contributed by atoms with Gasteiger partial charge in [-0.2, -0.15) is 0 Å². The summed E-state index contributed by atoms with van der Waals surface area (Å²) in [6.07, 6.45) is -0.597. The number of nitrogens with one attached hydrogen (secondary N) is 1. The Hall–Kier alpha value is -0.420. The molecule has 2 atom stereocenters. The molecule has 0 fully saturated rings. The molecule has 102 valence electrons. The first-order valence-electron chi connectivity index (χ1n) is 6.01. The lowest BCUT2D eigenvalue weighted by atomic mass is 10.2. The van der Waals surface area contributed by atoms with Crippen molar-refractivity contribution in [2.45, 2.75) is 24.8 Å². The minimum Gasteiger partial charge on any atom is -0.391 e. The molecule has 0 aromatic heterocycles. The Morgan fingerprint density at radius 2 is 1.89 bits per heavy atom. The fourth-order valence-electron chi connectivity index (χ4n) is 1.45. The maximum Gasteiger partial charge on any atom is 0.0783 e. The van der Waals surface area contributed by atoms with Gasteiger partial charge in [0, 0.05) is 16.5 Å². The number of aliphatic hydroxyl groups is 1. The van der Waals surface area contributed by atoms with Crippen molar-refractivity contribution in [2.24, 2.45) is 5.92 Å². The Bertz CT molecular complexity index is 381. The van der Waals surface area contributed by atoms with Crippen molar-refractivity contribution in [3.8, 4) is 0 Å². The third kappa shape index (κ3) is 5.96. The van der Waals surface area contributed by atoms with E-state index in [2.05, 4.69) is 19.2 Å². The molecular weight excluding hydrogens is 270 g/mol. The first kappa shape index (κ1) is 15.6. The normalized spacial score (nSPS) is 14.7. The van der Waals surface area contributed by atoms with E-state index in [4.69, 9.17) is 11.6 Å². The van der Waals surface area contributed by atoms with Crippen LogP contribution in [0.2, 0.25) is 5.02 Å². The standard InChI is InChI=1S/C13H20ClNO2S/c1-10(2)7-15-8-12(16)9-18(17)13-5-3-11(14)4-6-13/h3-6,10,12,15-16H,7-9H2,1-2H3. The van der Waals surface area contributed by atoms with Crippen molar-refractivity contribution in [3.63, 3.8) is 0 Å². The molecule has 0 spiro atoms. The second kappa shape index (κ2) is 7.89. The predicted molar refractivity (Wildman–Crippen MR) is 76.4 cm³/mol. The fourth-order valence-corrected chi connectivity index (χ4v) is 2.68. The highest BCUT2D eigenvalue weighted by atomic mass is 35.5. The number of hydrogen-bond acceptors (Lipinski definition) is 3. The summed E-state index contributed by atoms with van der Waals surface area (Å²) in [5, 5.41) is 13.5. The molecule has 0 saturated carbocycles. The lowest BCUT2D eigenvalue weighted by molar-refractivity contribution is 0.193. The van der Waals surface area contributed by atoms with Gasteiger partial charge in [0.2, 0.25) is 0 Å². The Morgan fingerprint density at radius 1 is 1.28 bits per heavy atom. The van der Waals surface area contributed by atoms with Gasteiger partial charge in [-0.3, -0.25) is 4.21 Å². The zero-order valence-corrected chi connectivity index (χ0v) is 12.3. The predicted octanol–water partition coefficient (Wildman–Crippen LogP) is 2.05. The molecular formula is C13H20ClNO2S. The summed E-state index contributed by atoms with van der Waals surface area (Å²) < 4.78 is 11.9. The summed E-state index contributed by atoms with van der Waals surface area (Å²) in [4.78, 5) is 0.697. The molecule has 5 heteroatoms. The van der Waals surface area contributed by atoms with Crippen LogP contribution in [0.1, 0.15) is 13.8 Å². The van der Waals surface area contributed by atoms with Crippen LogP contribution >= 0.6 is 11.6 Å². The van der Waals surface area contributed by atoms with Gasteiger partial charge in [-0.05, 0) is 36.7 Å². The number of rotatable bonds is 7. The first-order chi connectivity index (χ1) is 8.49. The topological polar surface area (TPSA) is 49.3 Å². The third-order valence-electron chi connectivity index (χ3n) is 2.35. The van der Waals surface area contributed by atoms with E-state index in [-0.39, 0.29) is 5.75 Å². The van der Waals surface area contributed by atoms with Crippen LogP contribution in [0, 0.1) is 5.92 Å². The maximum atomic E-state index is 11.9. The molecule has 0 bridgehead atoms. The largest absolute Gasteiger partial charge is 0.391 e. The average molecular weight is 290 g/mol. The molecule has 18 heavy (non-hydrogen) atoms. The molecule has 3 nitrogen and oxygen atoms in total. The van der Waals surface area contributed by atoms with E-state index < -0.39 is 16.9 Å². The summed E-state index contributed by atoms with van der Waals surface area (Å²) in [7, 11) is -1.18. The molecule has 0 aliphatic heterocycles. The van der Waals surface area contributed by atoms with Crippen molar-refractivity contribution >= 4 is 22.4 Å². The van der Waals surface area contributed by atoms with E-state index in [0.717, 1.165) is 6.54 Å². The van der Waals surface area contributed by atoms with E-state index in [1.165, 1.54) is 0 Å². The number of benzene rings is 1. The summed E-state index contributed by atoms with van der Waals surface area (Å²) in [6, 6.07) is 6.87. The fraction of sp³-hybridized carbons (Fsp3) is 0.538. The van der Waals surface area contributed by atoms with Crippen molar-refractivity contribution < 1.29 is 9.32 Å². The molecule has 1 aromatic rings. The zero-order chi connectivity index (χ0) is 13.5. The molecule has 0 aliphatic rings. The van der Waals surface area contributed by atoms with E-state index in [1.807, 2.05) is 0 Å². The molecule has 1 rings (SSSR count). The lowest BCUT2D eigenvalue weighted by Crippen LogP contribution is -2.32. The maximum absolute atomic E-state index is 11.9. The molecule has 0 heterocycles. The number of halogens is 1. The van der Waals surface area contributed by atoms with Crippen LogP contribution in [0.25, 0.3) is 0 Å². The summed E-state index contributed by atoms with van der Waals surface area (Å²) in [6.45, 7) is 5.53. The van der Waals surface area contributed by atoms with Crippen LogP contribution in [0.15, 0.2) is 29.2 Å². The monoisotopic (exact) mass is 289 g/mol. The first-order valence-corrected chi connectivity index (χ1v) is 7.71. The summed E-state index contributed by atoms with van der Waals surface area (Å²) >= 11 is 5.76. The highest BCUT2D eigenvalue weighted by molar-refractivity contribution is 7.85. The highest BCUT2D eigenvalue weighted by Crippen LogP contribution is 2.13. The quantitative estimate of drug-likeness (QED) is 0.808. The highest BCUT2D eigenvalue weighted by Gasteiger charge is 2.11. The molecule has 0 saturated heterocycles. The van der Waals surface area contributed by atoms with Gasteiger partial charge >= 0.3 is 0 Å². The van der Waals surface area contributed by atoms with E-state index >= 15 is 0 Å². The second-order valence-corrected chi connectivity index (χ2v) is 6.60. The second-order valence-electron chi connectivity index (χ2n) is 4.67. The van der Waals surface area contributed by atoms with Crippen molar-refractivity contribution in [2.75, 3.05) is 18.8 Å². The zero-order valence-electron chi connectivity index (χ0n) is 10.7. The third-order valence-corrected chi connectivity index (χ3v) is 4.09. The van der Waals surface area contributed by atoms with Crippen LogP contribution in [0.5, 0.6) is 0 Å². The van der Waals surface area contributed by atoms with Crippen molar-refractivity contribution in [3.05, 3.63) is 29.3 Å². The van der Waals surface area contributed by atoms with Gasteiger partial charge in [-0.25, -0.2) is 0 Å². The Labute approximate surface area is 116 Å². The Morgan fingerprint density at radius 3 is 2.44 bits per heavy atom. The van der Waals surface area contributed by atoms with Gasteiger partial charge in [-0.1, -0.05) is 25.4 Å². The smallest absolute Gasteiger partial charge is 0.0783 e.